The van der Waals surface area contributed by atoms with Gasteiger partial charge in [-0.3, -0.25) is 0 Å². The molecule has 2 aliphatic rings. The van der Waals surface area contributed by atoms with E-state index >= 15 is 0 Å². The van der Waals surface area contributed by atoms with Gasteiger partial charge in [0.15, 0.2) is 12.5 Å². The summed E-state index contributed by atoms with van der Waals surface area (Å²) in [6, 6.07) is 5.24. The second kappa shape index (κ2) is 8.70. The topological polar surface area (TPSA) is 164 Å². The number of nitrogens with one attached hydrogen (secondary N) is 2. The zero-order valence-corrected chi connectivity index (χ0v) is 16.5. The van der Waals surface area contributed by atoms with Crippen molar-refractivity contribution in [3.63, 3.8) is 0 Å². The molecule has 29 heavy (non-hydrogen) atoms. The van der Waals surface area contributed by atoms with Gasteiger partial charge in [-0.15, -0.1) is 0 Å². The van der Waals surface area contributed by atoms with Crippen molar-refractivity contribution >= 4 is 11.4 Å². The Hall–Kier alpha value is -1.50. The number of aliphatic hydroxyl groups excluding tert-OH is 6. The largest absolute Gasteiger partial charge is 0.388 e. The van der Waals surface area contributed by atoms with Gasteiger partial charge in [0.1, 0.15) is 36.6 Å². The molecule has 164 valence electrons. The van der Waals surface area contributed by atoms with Crippen LogP contribution in [0.2, 0.25) is 0 Å². The molecule has 0 spiro atoms. The van der Waals surface area contributed by atoms with Gasteiger partial charge in [-0.2, -0.15) is 0 Å². The average molecular weight is 414 g/mol. The predicted octanol–water partition coefficient (Wildman–Crippen LogP) is -1.53. The highest BCUT2D eigenvalue weighted by atomic mass is 16.6. The van der Waals surface area contributed by atoms with Crippen molar-refractivity contribution in [3.8, 4) is 0 Å². The molecule has 10 atom stereocenters. The second-order valence-electron chi connectivity index (χ2n) is 7.79. The van der Waals surface area contributed by atoms with Gasteiger partial charge < -0.3 is 50.7 Å². The third-order valence-electron chi connectivity index (χ3n) is 5.55. The Labute approximate surface area is 168 Å². The van der Waals surface area contributed by atoms with Crippen LogP contribution in [-0.2, 0) is 9.47 Å². The number of anilines is 2. The first-order valence-corrected chi connectivity index (χ1v) is 9.63. The summed E-state index contributed by atoms with van der Waals surface area (Å²) in [4.78, 5) is 0. The Morgan fingerprint density at radius 2 is 1.17 bits per heavy atom. The minimum absolute atomic E-state index is 0.553. The normalized spacial score (nSPS) is 43.1. The summed E-state index contributed by atoms with van der Waals surface area (Å²) in [5.41, 5.74) is 1.97. The van der Waals surface area contributed by atoms with Gasteiger partial charge in [-0.25, -0.2) is 0 Å². The van der Waals surface area contributed by atoms with Crippen LogP contribution < -0.4 is 10.6 Å². The van der Waals surface area contributed by atoms with Crippen molar-refractivity contribution in [2.24, 2.45) is 0 Å². The lowest BCUT2D eigenvalue weighted by atomic mass is 9.98. The molecule has 0 aromatic heterocycles. The number of benzene rings is 1. The SMILES string of the molecule is Cc1ccc(N[C@H]2O[C@@H](C)[C@@H](O)[C@@H](O)[C@H]2O)cc1N[C@@H]1O[C@@H](C)[C@@H](O)[C@@H](O)[C@H]1O. The molecular weight excluding hydrogens is 384 g/mol. The fourth-order valence-electron chi connectivity index (χ4n) is 3.53. The Bertz CT molecular complexity index is 707. The van der Waals surface area contributed by atoms with E-state index in [4.69, 9.17) is 9.47 Å². The molecule has 2 aliphatic heterocycles. The number of ether oxygens (including phenoxy) is 2. The monoisotopic (exact) mass is 414 g/mol. The van der Waals surface area contributed by atoms with Crippen LogP contribution in [-0.4, -0.2) is 91.9 Å². The van der Waals surface area contributed by atoms with Crippen molar-refractivity contribution in [2.75, 3.05) is 10.6 Å². The van der Waals surface area contributed by atoms with Crippen molar-refractivity contribution in [1.82, 2.24) is 0 Å². The summed E-state index contributed by atoms with van der Waals surface area (Å²) in [6.45, 7) is 5.03. The van der Waals surface area contributed by atoms with Crippen LogP contribution >= 0.6 is 0 Å². The fraction of sp³-hybridized carbons (Fsp3) is 0.684. The van der Waals surface area contributed by atoms with E-state index in [0.29, 0.717) is 11.4 Å². The maximum Gasteiger partial charge on any atom is 0.157 e. The Morgan fingerprint density at radius 1 is 0.690 bits per heavy atom. The molecule has 0 bridgehead atoms. The second-order valence-corrected chi connectivity index (χ2v) is 7.79. The van der Waals surface area contributed by atoms with Crippen LogP contribution in [0, 0.1) is 6.92 Å². The molecule has 0 amide bonds. The fourth-order valence-corrected chi connectivity index (χ4v) is 3.53. The molecule has 0 unspecified atom stereocenters. The first kappa shape index (κ1) is 22.2. The molecule has 0 radical (unpaired) electrons. The molecule has 1 aromatic carbocycles. The van der Waals surface area contributed by atoms with E-state index in [-0.39, 0.29) is 0 Å². The summed E-state index contributed by atoms with van der Waals surface area (Å²) in [5.74, 6) is 0. The van der Waals surface area contributed by atoms with Crippen LogP contribution in [0.3, 0.4) is 0 Å². The third kappa shape index (κ3) is 4.49. The van der Waals surface area contributed by atoms with E-state index < -0.39 is 61.3 Å². The van der Waals surface area contributed by atoms with Gasteiger partial charge in [0.2, 0.25) is 0 Å². The molecule has 3 rings (SSSR count). The molecule has 0 saturated carbocycles. The van der Waals surface area contributed by atoms with Gasteiger partial charge in [-0.1, -0.05) is 6.07 Å². The smallest absolute Gasteiger partial charge is 0.157 e. The highest BCUT2D eigenvalue weighted by Crippen LogP contribution is 2.28. The Morgan fingerprint density at radius 3 is 1.69 bits per heavy atom. The summed E-state index contributed by atoms with van der Waals surface area (Å²) in [5, 5.41) is 65.9. The number of hydrogen-bond acceptors (Lipinski definition) is 10. The summed E-state index contributed by atoms with van der Waals surface area (Å²) in [6.07, 6.45) is -11.0. The van der Waals surface area contributed by atoms with Crippen LogP contribution in [0.4, 0.5) is 11.4 Å². The summed E-state index contributed by atoms with van der Waals surface area (Å²) in [7, 11) is 0. The maximum absolute atomic E-state index is 10.2. The highest BCUT2D eigenvalue weighted by Gasteiger charge is 2.43. The summed E-state index contributed by atoms with van der Waals surface area (Å²) >= 11 is 0. The third-order valence-corrected chi connectivity index (χ3v) is 5.55. The molecule has 2 heterocycles. The van der Waals surface area contributed by atoms with Crippen molar-refractivity contribution < 1.29 is 40.1 Å². The van der Waals surface area contributed by atoms with Gasteiger partial charge in [0.25, 0.3) is 0 Å². The minimum Gasteiger partial charge on any atom is -0.388 e. The molecule has 8 N–H and O–H groups in total. The maximum atomic E-state index is 10.2. The van der Waals surface area contributed by atoms with E-state index in [9.17, 15) is 30.6 Å². The minimum atomic E-state index is -1.35. The molecule has 10 nitrogen and oxygen atoms in total. The van der Waals surface area contributed by atoms with Gasteiger partial charge in [0, 0.05) is 11.4 Å². The highest BCUT2D eigenvalue weighted by molar-refractivity contribution is 5.61. The Balaban J connectivity index is 1.73. The lowest BCUT2D eigenvalue weighted by molar-refractivity contribution is -0.209. The lowest BCUT2D eigenvalue weighted by Gasteiger charge is -2.40. The van der Waals surface area contributed by atoms with Gasteiger partial charge in [-0.05, 0) is 38.5 Å². The molecule has 0 aliphatic carbocycles. The van der Waals surface area contributed by atoms with Gasteiger partial charge >= 0.3 is 0 Å². The van der Waals surface area contributed by atoms with E-state index in [0.717, 1.165) is 5.56 Å². The molecule has 1 aromatic rings. The van der Waals surface area contributed by atoms with Crippen LogP contribution in [0.25, 0.3) is 0 Å². The molecule has 2 saturated heterocycles. The first-order chi connectivity index (χ1) is 13.6. The van der Waals surface area contributed by atoms with E-state index in [1.807, 2.05) is 6.92 Å². The quantitative estimate of drug-likeness (QED) is 0.290. The number of aliphatic hydroxyl groups is 6. The van der Waals surface area contributed by atoms with Crippen LogP contribution in [0.1, 0.15) is 19.4 Å². The zero-order valence-electron chi connectivity index (χ0n) is 16.5. The lowest BCUT2D eigenvalue weighted by Crippen LogP contribution is -2.59. The zero-order chi connectivity index (χ0) is 21.5. The standard InChI is InChI=1S/C19H30N2O8/c1-7-4-5-10(20-18-16(26)14(24)12(22)8(2)28-18)6-11(7)21-19-17(27)15(25)13(23)9(3)29-19/h4-6,8-9,12-27H,1-3H3/t8-,9-,12+,13+,14+,15+,16+,17+,18-,19+/m0/s1. The summed E-state index contributed by atoms with van der Waals surface area (Å²) < 4.78 is 11.1. The van der Waals surface area contributed by atoms with E-state index in [1.165, 1.54) is 0 Å². The molecule has 10 heteroatoms. The average Bonchev–Trinajstić information content (AvgIpc) is 2.69. The van der Waals surface area contributed by atoms with Crippen LogP contribution in [0.15, 0.2) is 18.2 Å². The van der Waals surface area contributed by atoms with Crippen molar-refractivity contribution in [1.29, 1.82) is 0 Å². The molecule has 2 fully saturated rings. The first-order valence-electron chi connectivity index (χ1n) is 9.63. The Kier molecular flexibility index (Phi) is 6.66. The van der Waals surface area contributed by atoms with E-state index in [2.05, 4.69) is 10.6 Å². The van der Waals surface area contributed by atoms with Crippen molar-refractivity contribution in [3.05, 3.63) is 23.8 Å². The van der Waals surface area contributed by atoms with Gasteiger partial charge in [0.05, 0.1) is 12.2 Å². The number of rotatable bonds is 4. The van der Waals surface area contributed by atoms with E-state index in [1.54, 1.807) is 32.0 Å². The number of aryl methyl sites for hydroxylation is 1. The molecular formula is C19H30N2O8. The van der Waals surface area contributed by atoms with Crippen LogP contribution in [0.5, 0.6) is 0 Å². The predicted molar refractivity (Wildman–Crippen MR) is 103 cm³/mol. The number of hydrogen-bond donors (Lipinski definition) is 8. The van der Waals surface area contributed by atoms with Crippen molar-refractivity contribution in [2.45, 2.75) is 82.1 Å².